The molecule has 5 rings (SSSR count). The number of fused-ring (bicyclic) bond motifs is 2. The van der Waals surface area contributed by atoms with Crippen molar-refractivity contribution in [1.29, 1.82) is 0 Å². The Morgan fingerprint density at radius 2 is 1.09 bits per heavy atom. The lowest BCUT2D eigenvalue weighted by Crippen LogP contribution is -1.91. The predicted octanol–water partition coefficient (Wildman–Crippen LogP) is 5.88. The van der Waals surface area contributed by atoms with E-state index in [1.807, 2.05) is 21.6 Å². The predicted molar refractivity (Wildman–Crippen MR) is 98.9 cm³/mol. The maximum absolute atomic E-state index is 2.47. The van der Waals surface area contributed by atoms with Crippen LogP contribution in [0.2, 0.25) is 0 Å². The van der Waals surface area contributed by atoms with Crippen LogP contribution in [-0.2, 0) is 24.3 Å². The van der Waals surface area contributed by atoms with E-state index < -0.39 is 0 Å². The minimum Gasteiger partial charge on any atom is -0.0890 e. The third kappa shape index (κ3) is 2.08. The van der Waals surface area contributed by atoms with E-state index >= 15 is 0 Å². The molecule has 0 saturated carbocycles. The zero-order valence-corrected chi connectivity index (χ0v) is 14.2. The second kappa shape index (κ2) is 5.21. The van der Waals surface area contributed by atoms with Crippen LogP contribution in [0.1, 0.15) is 46.2 Å². The summed E-state index contributed by atoms with van der Waals surface area (Å²) in [5.74, 6) is 2.23. The monoisotopic (exact) mass is 322 g/mol. The maximum Gasteiger partial charge on any atom is 0.0289 e. The van der Waals surface area contributed by atoms with Crippen LogP contribution in [0.5, 0.6) is 0 Å². The first kappa shape index (κ1) is 13.3. The quantitative estimate of drug-likeness (QED) is 0.555. The maximum atomic E-state index is 2.47. The summed E-state index contributed by atoms with van der Waals surface area (Å²) in [6.45, 7) is 0. The van der Waals surface area contributed by atoms with Gasteiger partial charge >= 0.3 is 0 Å². The van der Waals surface area contributed by atoms with Gasteiger partial charge in [-0.25, -0.2) is 0 Å². The summed E-state index contributed by atoms with van der Waals surface area (Å²) in [6, 6.07) is 14.4. The SMILES string of the molecule is c1cc2c3cc1CSSCc1ccc4c(c1)/C(=C\3CC2)CC4. The van der Waals surface area contributed by atoms with Gasteiger partial charge in [-0.3, -0.25) is 0 Å². The normalized spacial score (nSPS) is 22.4. The van der Waals surface area contributed by atoms with E-state index in [1.165, 1.54) is 36.8 Å². The van der Waals surface area contributed by atoms with Gasteiger partial charge in [0.05, 0.1) is 0 Å². The largest absolute Gasteiger partial charge is 0.0890 e. The number of benzene rings is 2. The highest BCUT2D eigenvalue weighted by molar-refractivity contribution is 8.76. The fraction of sp³-hybridized carbons (Fsp3) is 0.300. The van der Waals surface area contributed by atoms with Crippen molar-refractivity contribution in [3.63, 3.8) is 0 Å². The number of hydrogen-bond donors (Lipinski definition) is 0. The Hall–Kier alpha value is -1.12. The van der Waals surface area contributed by atoms with Crippen LogP contribution >= 0.6 is 21.6 Å². The fourth-order valence-electron chi connectivity index (χ4n) is 4.06. The van der Waals surface area contributed by atoms with Gasteiger partial charge < -0.3 is 0 Å². The minimum absolute atomic E-state index is 1.12. The van der Waals surface area contributed by atoms with Gasteiger partial charge in [-0.15, -0.1) is 0 Å². The number of allylic oxidation sites excluding steroid dienone is 2. The minimum atomic E-state index is 1.12. The van der Waals surface area contributed by atoms with Crippen molar-refractivity contribution in [1.82, 2.24) is 0 Å². The van der Waals surface area contributed by atoms with E-state index in [4.69, 9.17) is 0 Å². The van der Waals surface area contributed by atoms with Crippen molar-refractivity contribution in [2.75, 3.05) is 0 Å². The van der Waals surface area contributed by atoms with E-state index in [0.717, 1.165) is 11.5 Å². The second-order valence-electron chi connectivity index (χ2n) is 6.46. The van der Waals surface area contributed by atoms with Crippen molar-refractivity contribution in [2.45, 2.75) is 37.2 Å². The van der Waals surface area contributed by atoms with Gasteiger partial charge in [0.25, 0.3) is 0 Å². The molecular weight excluding hydrogens is 304 g/mol. The van der Waals surface area contributed by atoms with Crippen molar-refractivity contribution < 1.29 is 0 Å². The van der Waals surface area contributed by atoms with E-state index in [0.29, 0.717) is 0 Å². The van der Waals surface area contributed by atoms with Crippen LogP contribution < -0.4 is 0 Å². The Labute approximate surface area is 139 Å². The Morgan fingerprint density at radius 3 is 1.59 bits per heavy atom. The second-order valence-corrected chi connectivity index (χ2v) is 8.93. The molecule has 4 bridgehead atoms. The highest BCUT2D eigenvalue weighted by Gasteiger charge is 2.25. The Morgan fingerprint density at radius 1 is 0.591 bits per heavy atom. The van der Waals surface area contributed by atoms with Crippen LogP contribution in [0, 0.1) is 0 Å². The molecule has 0 nitrogen and oxygen atoms in total. The molecule has 0 spiro atoms. The number of rotatable bonds is 0. The summed E-state index contributed by atoms with van der Waals surface area (Å²) in [5.41, 5.74) is 12.5. The third-order valence-electron chi connectivity index (χ3n) is 5.19. The first-order valence-electron chi connectivity index (χ1n) is 8.09. The molecule has 0 radical (unpaired) electrons. The Balaban J connectivity index is 1.77. The van der Waals surface area contributed by atoms with E-state index in [9.17, 15) is 0 Å². The summed E-state index contributed by atoms with van der Waals surface area (Å²) in [6.07, 6.45) is 4.93. The molecule has 2 aliphatic carbocycles. The lowest BCUT2D eigenvalue weighted by atomic mass is 9.95. The summed E-state index contributed by atoms with van der Waals surface area (Å²) in [7, 11) is 3.98. The van der Waals surface area contributed by atoms with Crippen molar-refractivity contribution in [3.8, 4) is 0 Å². The molecule has 0 amide bonds. The molecule has 0 aromatic heterocycles. The van der Waals surface area contributed by atoms with Gasteiger partial charge in [0.1, 0.15) is 0 Å². The lowest BCUT2D eigenvalue weighted by Gasteiger charge is -2.12. The molecule has 1 aliphatic heterocycles. The molecule has 0 N–H and O–H groups in total. The van der Waals surface area contributed by atoms with Crippen LogP contribution in [0.3, 0.4) is 0 Å². The first-order chi connectivity index (χ1) is 10.9. The Bertz CT molecular complexity index is 734. The summed E-state index contributed by atoms with van der Waals surface area (Å²) in [5, 5.41) is 0. The molecule has 22 heavy (non-hydrogen) atoms. The highest BCUT2D eigenvalue weighted by Crippen LogP contribution is 2.45. The molecular formula is C20H18S2. The zero-order chi connectivity index (χ0) is 14.5. The molecule has 0 saturated heterocycles. The van der Waals surface area contributed by atoms with Gasteiger partial charge in [0.15, 0.2) is 0 Å². The molecule has 1 heterocycles. The van der Waals surface area contributed by atoms with E-state index in [-0.39, 0.29) is 0 Å². The van der Waals surface area contributed by atoms with E-state index in [2.05, 4.69) is 36.4 Å². The van der Waals surface area contributed by atoms with Crippen molar-refractivity contribution in [2.24, 2.45) is 0 Å². The van der Waals surface area contributed by atoms with Crippen LogP contribution in [-0.4, -0.2) is 0 Å². The van der Waals surface area contributed by atoms with Gasteiger partial charge in [0.2, 0.25) is 0 Å². The standard InChI is InChI=1S/C20H18S2/c1-3-15-5-7-17-18-8-6-16-4-2-14(10-20(16)18)12-22-21-11-13(1)9-19(15)17/h1-4,9-10H,5-8,11-12H2/b18-17-. The Kier molecular flexibility index (Phi) is 3.16. The van der Waals surface area contributed by atoms with Crippen molar-refractivity contribution in [3.05, 3.63) is 69.8 Å². The molecule has 2 aromatic carbocycles. The summed E-state index contributed by atoms with van der Waals surface area (Å²) in [4.78, 5) is 0. The van der Waals surface area contributed by atoms with E-state index in [1.54, 1.807) is 33.4 Å². The van der Waals surface area contributed by atoms with Gasteiger partial charge in [-0.1, -0.05) is 58.0 Å². The number of hydrogen-bond acceptors (Lipinski definition) is 2. The highest BCUT2D eigenvalue weighted by atomic mass is 33.1. The van der Waals surface area contributed by atoms with Gasteiger partial charge in [-0.05, 0) is 70.2 Å². The zero-order valence-electron chi connectivity index (χ0n) is 12.5. The molecule has 2 aromatic rings. The topological polar surface area (TPSA) is 0 Å². The smallest absolute Gasteiger partial charge is 0.0289 e. The molecule has 0 atom stereocenters. The average Bonchev–Trinajstić information content (AvgIpc) is 3.13. The molecule has 0 fully saturated rings. The fourth-order valence-corrected chi connectivity index (χ4v) is 6.17. The van der Waals surface area contributed by atoms with Crippen LogP contribution in [0.4, 0.5) is 0 Å². The lowest BCUT2D eigenvalue weighted by molar-refractivity contribution is 1.06. The molecule has 2 heteroatoms. The molecule has 0 unspecified atom stereocenters. The summed E-state index contributed by atoms with van der Waals surface area (Å²) >= 11 is 0. The summed E-state index contributed by atoms with van der Waals surface area (Å²) < 4.78 is 0. The third-order valence-corrected chi connectivity index (χ3v) is 7.46. The van der Waals surface area contributed by atoms with Crippen molar-refractivity contribution >= 4 is 32.7 Å². The van der Waals surface area contributed by atoms with Crippen LogP contribution in [0.25, 0.3) is 11.1 Å². The average molecular weight is 322 g/mol. The van der Waals surface area contributed by atoms with Gasteiger partial charge in [-0.2, -0.15) is 0 Å². The molecule has 3 aliphatic rings. The number of aryl methyl sites for hydroxylation is 2. The first-order valence-corrected chi connectivity index (χ1v) is 10.6. The molecule has 110 valence electrons. The van der Waals surface area contributed by atoms with Crippen LogP contribution in [0.15, 0.2) is 36.4 Å². The van der Waals surface area contributed by atoms with Gasteiger partial charge in [0, 0.05) is 11.5 Å².